The third kappa shape index (κ3) is 6.39. The minimum absolute atomic E-state index is 0.0825. The van der Waals surface area contributed by atoms with Crippen LogP contribution in [0.4, 0.5) is 0 Å². The Balaban J connectivity index is 2.39. The van der Waals surface area contributed by atoms with Crippen molar-refractivity contribution in [2.24, 2.45) is 5.10 Å². The zero-order valence-electron chi connectivity index (χ0n) is 11.2. The number of thioether (sulfide) groups is 1. The molecule has 0 unspecified atom stereocenters. The molecule has 1 amide bonds. The zero-order valence-corrected chi connectivity index (χ0v) is 12.0. The highest BCUT2D eigenvalue weighted by Crippen LogP contribution is 2.22. The van der Waals surface area contributed by atoms with Crippen LogP contribution in [-0.4, -0.2) is 27.6 Å². The van der Waals surface area contributed by atoms with Crippen LogP contribution < -0.4 is 5.43 Å². The number of nitrogens with zero attached hydrogens (tertiary/aromatic N) is 2. The first-order valence-electron chi connectivity index (χ1n) is 5.76. The Kier molecular flexibility index (Phi) is 5.34. The summed E-state index contributed by atoms with van der Waals surface area (Å²) in [6.07, 6.45) is 1.55. The van der Waals surface area contributed by atoms with Gasteiger partial charge in [0.15, 0.2) is 0 Å². The number of amides is 1. The monoisotopic (exact) mass is 265 g/mol. The van der Waals surface area contributed by atoms with Crippen LogP contribution in [0.2, 0.25) is 0 Å². The molecule has 0 atom stereocenters. The zero-order chi connectivity index (χ0) is 13.6. The Morgan fingerprint density at radius 3 is 2.83 bits per heavy atom. The maximum atomic E-state index is 11.5. The molecule has 1 aromatic heterocycles. The molecule has 0 aromatic carbocycles. The van der Waals surface area contributed by atoms with Crippen LogP contribution >= 0.6 is 11.8 Å². The molecular formula is C13H19N3OS. The lowest BCUT2D eigenvalue weighted by molar-refractivity contribution is -0.118. The fourth-order valence-corrected chi connectivity index (χ4v) is 1.75. The quantitative estimate of drug-likeness (QED) is 0.671. The number of aromatic nitrogens is 1. The van der Waals surface area contributed by atoms with Crippen molar-refractivity contribution in [3.05, 3.63) is 29.6 Å². The van der Waals surface area contributed by atoms with E-state index in [4.69, 9.17) is 0 Å². The van der Waals surface area contributed by atoms with Gasteiger partial charge in [0.05, 0.1) is 17.7 Å². The highest BCUT2D eigenvalue weighted by molar-refractivity contribution is 8.01. The van der Waals surface area contributed by atoms with Crippen LogP contribution in [-0.2, 0) is 4.79 Å². The van der Waals surface area contributed by atoms with E-state index in [9.17, 15) is 4.79 Å². The van der Waals surface area contributed by atoms with Crippen LogP contribution in [0.5, 0.6) is 0 Å². The summed E-state index contributed by atoms with van der Waals surface area (Å²) in [5.41, 5.74) is 4.15. The van der Waals surface area contributed by atoms with E-state index in [2.05, 4.69) is 36.3 Å². The number of carbonyl (C=O) groups excluding carboxylic acids is 1. The molecule has 98 valence electrons. The van der Waals surface area contributed by atoms with Crippen molar-refractivity contribution >= 4 is 23.9 Å². The van der Waals surface area contributed by atoms with Crippen molar-refractivity contribution in [3.63, 3.8) is 0 Å². The first-order chi connectivity index (χ1) is 8.37. The Hall–Kier alpha value is -1.36. The van der Waals surface area contributed by atoms with Crippen LogP contribution in [0, 0.1) is 6.92 Å². The van der Waals surface area contributed by atoms with Gasteiger partial charge >= 0.3 is 0 Å². The van der Waals surface area contributed by atoms with Gasteiger partial charge in [0.2, 0.25) is 5.91 Å². The summed E-state index contributed by atoms with van der Waals surface area (Å²) < 4.78 is 0.0825. The molecule has 18 heavy (non-hydrogen) atoms. The average Bonchev–Trinajstić information content (AvgIpc) is 2.25. The van der Waals surface area contributed by atoms with Gasteiger partial charge in [0.1, 0.15) is 0 Å². The van der Waals surface area contributed by atoms with E-state index >= 15 is 0 Å². The topological polar surface area (TPSA) is 54.4 Å². The molecule has 0 saturated carbocycles. The Labute approximate surface area is 112 Å². The van der Waals surface area contributed by atoms with Crippen molar-refractivity contribution in [1.29, 1.82) is 0 Å². The van der Waals surface area contributed by atoms with Gasteiger partial charge in [-0.1, -0.05) is 26.8 Å². The number of pyridine rings is 1. The summed E-state index contributed by atoms with van der Waals surface area (Å²) >= 11 is 1.59. The van der Waals surface area contributed by atoms with E-state index in [0.717, 1.165) is 11.4 Å². The Bertz CT molecular complexity index is 438. The van der Waals surface area contributed by atoms with Gasteiger partial charge < -0.3 is 0 Å². The van der Waals surface area contributed by atoms with Gasteiger partial charge in [-0.25, -0.2) is 5.43 Å². The van der Waals surface area contributed by atoms with E-state index in [1.165, 1.54) is 0 Å². The first-order valence-corrected chi connectivity index (χ1v) is 6.75. The van der Waals surface area contributed by atoms with Gasteiger partial charge in [-0.3, -0.25) is 9.78 Å². The number of carbonyl (C=O) groups is 1. The van der Waals surface area contributed by atoms with Crippen molar-refractivity contribution in [2.75, 3.05) is 5.75 Å². The highest BCUT2D eigenvalue weighted by Gasteiger charge is 2.12. The van der Waals surface area contributed by atoms with Crippen molar-refractivity contribution in [3.8, 4) is 0 Å². The van der Waals surface area contributed by atoms with Crippen molar-refractivity contribution < 1.29 is 4.79 Å². The lowest BCUT2D eigenvalue weighted by atomic mass is 10.3. The van der Waals surface area contributed by atoms with E-state index in [0.29, 0.717) is 5.75 Å². The molecule has 0 bridgehead atoms. The molecular weight excluding hydrogens is 246 g/mol. The number of hydrogen-bond acceptors (Lipinski definition) is 4. The Morgan fingerprint density at radius 2 is 2.22 bits per heavy atom. The molecule has 1 aromatic rings. The van der Waals surface area contributed by atoms with E-state index in [-0.39, 0.29) is 10.7 Å². The molecule has 1 heterocycles. The highest BCUT2D eigenvalue weighted by atomic mass is 32.2. The number of hydrogen-bond donors (Lipinski definition) is 1. The molecule has 0 fully saturated rings. The number of aryl methyl sites for hydroxylation is 1. The van der Waals surface area contributed by atoms with E-state index in [1.807, 2.05) is 25.1 Å². The minimum Gasteiger partial charge on any atom is -0.272 e. The molecule has 0 spiro atoms. The fourth-order valence-electron chi connectivity index (χ4n) is 1.12. The molecule has 0 radical (unpaired) electrons. The van der Waals surface area contributed by atoms with Gasteiger partial charge in [-0.05, 0) is 19.1 Å². The lowest BCUT2D eigenvalue weighted by Gasteiger charge is -2.16. The predicted octanol–water partition coefficient (Wildman–Crippen LogP) is 2.37. The molecule has 5 heteroatoms. The maximum absolute atomic E-state index is 11.5. The third-order valence-electron chi connectivity index (χ3n) is 1.93. The number of hydrazone groups is 1. The summed E-state index contributed by atoms with van der Waals surface area (Å²) in [5, 5.41) is 3.88. The van der Waals surface area contributed by atoms with Crippen molar-refractivity contribution in [1.82, 2.24) is 10.4 Å². The standard InChI is InChI=1S/C13H19N3OS/c1-10-6-5-7-11(15-10)8-14-16-12(17)9-18-13(2,3)4/h5-8H,9H2,1-4H3,(H,16,17)/b14-8-. The van der Waals surface area contributed by atoms with Gasteiger partial charge in [-0.15, -0.1) is 11.8 Å². The summed E-state index contributed by atoms with van der Waals surface area (Å²) in [6, 6.07) is 5.66. The second-order valence-corrected chi connectivity index (χ2v) is 6.70. The van der Waals surface area contributed by atoms with Crippen LogP contribution in [0.15, 0.2) is 23.3 Å². The van der Waals surface area contributed by atoms with Crippen LogP contribution in [0.25, 0.3) is 0 Å². The first kappa shape index (κ1) is 14.7. The molecule has 1 N–H and O–H groups in total. The van der Waals surface area contributed by atoms with Gasteiger partial charge in [0, 0.05) is 10.4 Å². The lowest BCUT2D eigenvalue weighted by Crippen LogP contribution is -2.22. The average molecular weight is 265 g/mol. The fraction of sp³-hybridized carbons (Fsp3) is 0.462. The Morgan fingerprint density at radius 1 is 1.50 bits per heavy atom. The van der Waals surface area contributed by atoms with Gasteiger partial charge in [-0.2, -0.15) is 5.10 Å². The third-order valence-corrected chi connectivity index (χ3v) is 3.20. The van der Waals surface area contributed by atoms with Crippen molar-refractivity contribution in [2.45, 2.75) is 32.4 Å². The van der Waals surface area contributed by atoms with Gasteiger partial charge in [0.25, 0.3) is 0 Å². The number of rotatable bonds is 4. The predicted molar refractivity (Wildman–Crippen MR) is 76.9 cm³/mol. The second-order valence-electron chi connectivity index (χ2n) is 4.90. The summed E-state index contributed by atoms with van der Waals surface area (Å²) in [6.45, 7) is 8.14. The van der Waals surface area contributed by atoms with E-state index < -0.39 is 0 Å². The molecule has 0 aliphatic rings. The largest absolute Gasteiger partial charge is 0.272 e. The SMILES string of the molecule is Cc1cccc(/C=N\NC(=O)CSC(C)(C)C)n1. The molecule has 1 rings (SSSR count). The van der Waals surface area contributed by atoms with Crippen LogP contribution in [0.3, 0.4) is 0 Å². The summed E-state index contributed by atoms with van der Waals surface area (Å²) in [5.74, 6) is 0.307. The second kappa shape index (κ2) is 6.54. The van der Waals surface area contributed by atoms with E-state index in [1.54, 1.807) is 18.0 Å². The molecule has 0 aliphatic heterocycles. The molecule has 0 aliphatic carbocycles. The normalized spacial score (nSPS) is 11.8. The summed E-state index contributed by atoms with van der Waals surface area (Å²) in [7, 11) is 0. The summed E-state index contributed by atoms with van der Waals surface area (Å²) in [4.78, 5) is 15.7. The molecule has 0 saturated heterocycles. The number of nitrogens with one attached hydrogen (secondary N) is 1. The maximum Gasteiger partial charge on any atom is 0.250 e. The smallest absolute Gasteiger partial charge is 0.250 e. The van der Waals surface area contributed by atoms with Crippen LogP contribution in [0.1, 0.15) is 32.2 Å². The molecule has 4 nitrogen and oxygen atoms in total. The minimum atomic E-state index is -0.0983.